The fraction of sp³-hybridized carbons (Fsp3) is 0. The Hall–Kier alpha value is -6.12. The molecule has 0 saturated carbocycles. The van der Waals surface area contributed by atoms with E-state index in [9.17, 15) is 50.4 Å². The zero-order valence-electron chi connectivity index (χ0n) is 31.4. The van der Waals surface area contributed by atoms with Crippen molar-refractivity contribution in [1.29, 1.82) is 0 Å². The van der Waals surface area contributed by atoms with E-state index >= 15 is 0 Å². The Morgan fingerprint density at radius 3 is 0.476 bits per heavy atom. The van der Waals surface area contributed by atoms with Crippen molar-refractivity contribution in [2.24, 2.45) is 0 Å². The molecule has 8 nitrogen and oxygen atoms in total. The van der Waals surface area contributed by atoms with E-state index in [1.165, 1.54) is 0 Å². The fourth-order valence-corrected chi connectivity index (χ4v) is 5.89. The molecule has 0 atom stereocenters. The van der Waals surface area contributed by atoms with Crippen LogP contribution in [0.2, 0.25) is 0 Å². The van der Waals surface area contributed by atoms with Crippen LogP contribution >= 0.6 is 15.6 Å². The van der Waals surface area contributed by atoms with Gasteiger partial charge >= 0.3 is 86.4 Å². The SMILES string of the molecule is C1=Cc2cc3ccc(cc4nc(cc5ccc(cc1n2)[nH]5)C=C4)[nH]3.C1=Cc2cc3ccc(cc4nc(cc5ccc(cc1n2)[nH]5)C=C4)[nH]3.F[P-](F)(F)(F)(F)F.F[P-](F)(F)(F)(F)F.[Pd+2]. The van der Waals surface area contributed by atoms with Crippen LogP contribution in [0.3, 0.4) is 0 Å². The van der Waals surface area contributed by atoms with Gasteiger partial charge in [-0.2, -0.15) is 0 Å². The first-order valence-corrected chi connectivity index (χ1v) is 21.8. The molecule has 4 N–H and O–H groups in total. The van der Waals surface area contributed by atoms with Crippen LogP contribution in [0.5, 0.6) is 0 Å². The minimum Gasteiger partial charge on any atom is 2.00 e. The normalized spacial score (nSPS) is 14.8. The second-order valence-corrected chi connectivity index (χ2v) is 17.6. The van der Waals surface area contributed by atoms with Crippen LogP contribution in [0.4, 0.5) is 50.4 Å². The minimum atomic E-state index is -10.7. The van der Waals surface area contributed by atoms with E-state index < -0.39 is 15.6 Å². The Morgan fingerprint density at radius 2 is 0.365 bits per heavy atom. The second-order valence-electron chi connectivity index (χ2n) is 13.7. The average Bonchev–Trinajstić information content (AvgIpc) is 3.95. The summed E-state index contributed by atoms with van der Waals surface area (Å²) in [5.74, 6) is 0. The first kappa shape index (κ1) is 46.4. The van der Waals surface area contributed by atoms with E-state index in [-0.39, 0.29) is 20.4 Å². The maximum Gasteiger partial charge on any atom is 2.00 e. The van der Waals surface area contributed by atoms with Crippen LogP contribution in [-0.4, -0.2) is 39.9 Å². The summed E-state index contributed by atoms with van der Waals surface area (Å²) in [6, 6.07) is 32.7. The molecule has 4 aliphatic heterocycles. The van der Waals surface area contributed by atoms with Gasteiger partial charge in [-0.25, -0.2) is 19.9 Å². The number of nitrogens with zero attached hydrogens (tertiary/aromatic N) is 4. The molecule has 0 spiro atoms. The molecular formula is C40H28F12N8P2Pd. The number of hydrogen-bond acceptors (Lipinski definition) is 4. The zero-order chi connectivity index (χ0) is 44.7. The molecule has 0 fully saturated rings. The number of aromatic nitrogens is 8. The third-order valence-corrected chi connectivity index (χ3v) is 8.08. The predicted octanol–water partition coefficient (Wildman–Crippen LogP) is 16.1. The van der Waals surface area contributed by atoms with Crippen molar-refractivity contribution >= 4 is 108 Å². The Labute approximate surface area is 360 Å². The van der Waals surface area contributed by atoms with Gasteiger partial charge in [0.15, 0.2) is 0 Å². The third-order valence-electron chi connectivity index (χ3n) is 8.08. The summed E-state index contributed by atoms with van der Waals surface area (Å²) in [5, 5.41) is 0. The van der Waals surface area contributed by atoms with E-state index in [4.69, 9.17) is 0 Å². The fourth-order valence-electron chi connectivity index (χ4n) is 5.89. The average molecular weight is 1020 g/mol. The molecule has 0 saturated heterocycles. The molecule has 6 aromatic rings. The molecule has 0 amide bonds. The molecule has 6 aromatic heterocycles. The topological polar surface area (TPSA) is 115 Å². The Bertz CT molecular complexity index is 2620. The quantitative estimate of drug-likeness (QED) is 0.0688. The van der Waals surface area contributed by atoms with Crippen molar-refractivity contribution in [2.75, 3.05) is 0 Å². The first-order chi connectivity index (χ1) is 28.5. The van der Waals surface area contributed by atoms with E-state index in [1.54, 1.807) is 0 Å². The van der Waals surface area contributed by atoms with E-state index in [1.807, 2.05) is 97.1 Å². The van der Waals surface area contributed by atoms with Crippen molar-refractivity contribution in [1.82, 2.24) is 39.9 Å². The van der Waals surface area contributed by atoms with E-state index in [0.717, 1.165) is 89.7 Å². The molecule has 0 radical (unpaired) electrons. The van der Waals surface area contributed by atoms with Crippen molar-refractivity contribution in [3.63, 3.8) is 0 Å². The third kappa shape index (κ3) is 16.9. The number of H-pyrrole nitrogens is 4. The summed E-state index contributed by atoms with van der Waals surface area (Å²) in [7, 11) is -21.3. The van der Waals surface area contributed by atoms with Crippen LogP contribution in [0.25, 0.3) is 92.7 Å². The Morgan fingerprint density at radius 1 is 0.254 bits per heavy atom. The van der Waals surface area contributed by atoms with Crippen LogP contribution in [0.15, 0.2) is 97.1 Å². The van der Waals surface area contributed by atoms with Crippen molar-refractivity contribution in [3.8, 4) is 0 Å². The maximum atomic E-state index is 9.87. The van der Waals surface area contributed by atoms with Crippen molar-refractivity contribution < 1.29 is 70.8 Å². The van der Waals surface area contributed by atoms with Gasteiger partial charge in [-0.3, -0.25) is 0 Å². The van der Waals surface area contributed by atoms with Gasteiger partial charge in [0.2, 0.25) is 0 Å². The summed E-state index contributed by atoms with van der Waals surface area (Å²) < 4.78 is 118. The number of nitrogens with one attached hydrogen (secondary N) is 4. The molecular weight excluding hydrogens is 989 g/mol. The van der Waals surface area contributed by atoms with Crippen LogP contribution in [0, 0.1) is 0 Å². The minimum absolute atomic E-state index is 0. The maximum absolute atomic E-state index is 10.7. The first-order valence-electron chi connectivity index (χ1n) is 17.7. The molecule has 0 aromatic carbocycles. The number of rotatable bonds is 0. The molecule has 10 rings (SSSR count). The van der Waals surface area contributed by atoms with Gasteiger partial charge in [0.05, 0.1) is 45.6 Å². The Balaban J connectivity index is 0.000000160. The molecule has 0 unspecified atom stereocenters. The van der Waals surface area contributed by atoms with Gasteiger partial charge in [0, 0.05) is 44.1 Å². The number of halogens is 12. The summed E-state index contributed by atoms with van der Waals surface area (Å²) in [5.41, 5.74) is 15.7. The molecule has 332 valence electrons. The Kier molecular flexibility index (Phi) is 11.5. The van der Waals surface area contributed by atoms with Gasteiger partial charge in [0.1, 0.15) is 0 Å². The largest absolute Gasteiger partial charge is 2.00 e. The molecule has 10 heterocycles. The summed E-state index contributed by atoms with van der Waals surface area (Å²) in [4.78, 5) is 32.0. The molecule has 23 heteroatoms. The van der Waals surface area contributed by atoms with E-state index in [0.29, 0.717) is 0 Å². The van der Waals surface area contributed by atoms with Gasteiger partial charge in [-0.15, -0.1) is 0 Å². The van der Waals surface area contributed by atoms with Crippen molar-refractivity contribution in [2.45, 2.75) is 0 Å². The van der Waals surface area contributed by atoms with Crippen LogP contribution in [0.1, 0.15) is 45.6 Å². The number of aromatic amines is 4. The van der Waals surface area contributed by atoms with Crippen LogP contribution < -0.4 is 0 Å². The second kappa shape index (κ2) is 15.6. The van der Waals surface area contributed by atoms with E-state index in [2.05, 4.69) is 88.4 Å². The van der Waals surface area contributed by atoms with Crippen molar-refractivity contribution in [3.05, 3.63) is 143 Å². The standard InChI is InChI=1S/2C20H14N4.2F6P.Pd/c2*1-2-14-10-16-5-6-18(23-16)12-20-8-7-19(24-20)11-17-4-3-15(22-17)9-13(1)21-14;2*1-7(2,3,4,5)6;/h2*1-12,21,24H;;;/q;;2*-1;+2. The van der Waals surface area contributed by atoms with Gasteiger partial charge in [-0.1, -0.05) is 0 Å². The smallest absolute Gasteiger partial charge is 2.00 e. The van der Waals surface area contributed by atoms with Gasteiger partial charge in [-0.05, 0) is 146 Å². The predicted molar refractivity (Wildman–Crippen MR) is 225 cm³/mol. The van der Waals surface area contributed by atoms with Gasteiger partial charge < -0.3 is 19.9 Å². The summed E-state index contributed by atoms with van der Waals surface area (Å²) >= 11 is 0. The number of hydrogen-bond donors (Lipinski definition) is 4. The molecule has 63 heavy (non-hydrogen) atoms. The summed E-state index contributed by atoms with van der Waals surface area (Å²) in [6.45, 7) is 0. The molecule has 16 bridgehead atoms. The number of fused-ring (bicyclic) bond motifs is 16. The molecule has 4 aliphatic rings. The van der Waals surface area contributed by atoms with Crippen LogP contribution in [-0.2, 0) is 20.4 Å². The van der Waals surface area contributed by atoms with Gasteiger partial charge in [0.25, 0.3) is 0 Å². The monoisotopic (exact) mass is 1020 g/mol. The zero-order valence-corrected chi connectivity index (χ0v) is 34.7. The summed E-state index contributed by atoms with van der Waals surface area (Å²) in [6.07, 6.45) is 16.2. The molecule has 0 aliphatic carbocycles.